The van der Waals surface area contributed by atoms with E-state index in [1.807, 2.05) is 0 Å². The van der Waals surface area contributed by atoms with E-state index in [4.69, 9.17) is 4.74 Å². The fourth-order valence-electron chi connectivity index (χ4n) is 2.32. The van der Waals surface area contributed by atoms with Crippen molar-refractivity contribution in [2.75, 3.05) is 24.3 Å². The van der Waals surface area contributed by atoms with Gasteiger partial charge in [0.25, 0.3) is 5.91 Å². The van der Waals surface area contributed by atoms with Crippen molar-refractivity contribution in [3.8, 4) is 17.2 Å². The van der Waals surface area contributed by atoms with Gasteiger partial charge in [-0.3, -0.25) is 4.79 Å². The molecule has 0 bridgehead atoms. The van der Waals surface area contributed by atoms with Gasteiger partial charge in [-0.1, -0.05) is 6.07 Å². The summed E-state index contributed by atoms with van der Waals surface area (Å²) in [5.41, 5.74) is 0.808. The van der Waals surface area contributed by atoms with Gasteiger partial charge in [0.2, 0.25) is 5.95 Å². The van der Waals surface area contributed by atoms with Gasteiger partial charge in [0.15, 0.2) is 18.2 Å². The summed E-state index contributed by atoms with van der Waals surface area (Å²) in [5, 5.41) is 27.4. The van der Waals surface area contributed by atoms with E-state index in [9.17, 15) is 19.4 Å². The zero-order valence-electron chi connectivity index (χ0n) is 15.3. The number of likely N-dealkylation sites (N-methyl/N-ethyl adjacent to an activating group) is 1. The minimum Gasteiger partial charge on any atom is -0.508 e. The summed E-state index contributed by atoms with van der Waals surface area (Å²) in [6, 6.07) is 10.4. The van der Waals surface area contributed by atoms with Crippen LogP contribution in [0.3, 0.4) is 0 Å². The van der Waals surface area contributed by atoms with Crippen LogP contribution in [-0.2, 0) is 4.79 Å². The van der Waals surface area contributed by atoms with Crippen LogP contribution in [0.5, 0.6) is 17.2 Å². The second-order valence-electron chi connectivity index (χ2n) is 5.87. The third kappa shape index (κ3) is 5.45. The molecule has 0 saturated carbocycles. The number of anilines is 4. The highest BCUT2D eigenvalue weighted by Gasteiger charge is 2.10. The first kappa shape index (κ1) is 19.7. The summed E-state index contributed by atoms with van der Waals surface area (Å²) >= 11 is 0. The number of hydrogen-bond acceptors (Lipinski definition) is 8. The van der Waals surface area contributed by atoms with Crippen LogP contribution >= 0.6 is 0 Å². The third-order valence-electron chi connectivity index (χ3n) is 3.65. The normalized spacial score (nSPS) is 10.3. The number of carbonyl (C=O) groups is 1. The van der Waals surface area contributed by atoms with Crippen molar-refractivity contribution in [3.05, 3.63) is 54.5 Å². The first-order chi connectivity index (χ1) is 13.9. The van der Waals surface area contributed by atoms with E-state index in [1.54, 1.807) is 12.1 Å². The summed E-state index contributed by atoms with van der Waals surface area (Å²) in [6.07, 6.45) is 0.978. The lowest BCUT2D eigenvalue weighted by Crippen LogP contribution is -2.24. The molecule has 0 aliphatic carbocycles. The van der Waals surface area contributed by atoms with Gasteiger partial charge in [0.05, 0.1) is 6.20 Å². The van der Waals surface area contributed by atoms with Crippen molar-refractivity contribution in [3.63, 3.8) is 0 Å². The van der Waals surface area contributed by atoms with Crippen molar-refractivity contribution in [2.45, 2.75) is 0 Å². The molecule has 1 aromatic heterocycles. The Morgan fingerprint density at radius 1 is 1.10 bits per heavy atom. The van der Waals surface area contributed by atoms with E-state index in [0.29, 0.717) is 11.4 Å². The Balaban J connectivity index is 1.78. The first-order valence-electron chi connectivity index (χ1n) is 8.46. The van der Waals surface area contributed by atoms with Crippen molar-refractivity contribution in [1.29, 1.82) is 0 Å². The fraction of sp³-hybridized carbons (Fsp3) is 0.105. The van der Waals surface area contributed by atoms with Gasteiger partial charge >= 0.3 is 0 Å². The van der Waals surface area contributed by atoms with E-state index >= 15 is 0 Å². The molecule has 0 unspecified atom stereocenters. The molecule has 29 heavy (non-hydrogen) atoms. The molecule has 150 valence electrons. The lowest BCUT2D eigenvalue weighted by Gasteiger charge is -2.11. The van der Waals surface area contributed by atoms with Gasteiger partial charge in [0.1, 0.15) is 17.2 Å². The Hall–Kier alpha value is -4.08. The van der Waals surface area contributed by atoms with E-state index in [-0.39, 0.29) is 41.5 Å². The molecular weight excluding hydrogens is 381 g/mol. The number of nitrogens with zero attached hydrogens (tertiary/aromatic N) is 2. The number of aromatic nitrogens is 2. The average molecular weight is 399 g/mol. The number of benzene rings is 2. The Kier molecular flexibility index (Phi) is 5.93. The molecule has 0 atom stereocenters. The molecule has 2 aromatic carbocycles. The number of hydrogen-bond donors (Lipinski definition) is 5. The molecule has 0 aliphatic rings. The Morgan fingerprint density at radius 3 is 2.66 bits per heavy atom. The highest BCUT2D eigenvalue weighted by molar-refractivity contribution is 5.77. The molecular formula is C19H18FN5O4. The van der Waals surface area contributed by atoms with Crippen LogP contribution in [-0.4, -0.2) is 39.7 Å². The number of nitrogens with one attached hydrogen (secondary N) is 3. The third-order valence-corrected chi connectivity index (χ3v) is 3.65. The molecule has 10 heteroatoms. The molecule has 0 fully saturated rings. The van der Waals surface area contributed by atoms with Crippen LogP contribution in [0.25, 0.3) is 0 Å². The van der Waals surface area contributed by atoms with Gasteiger partial charge in [-0.2, -0.15) is 4.98 Å². The lowest BCUT2D eigenvalue weighted by molar-refractivity contribution is -0.122. The van der Waals surface area contributed by atoms with E-state index in [2.05, 4.69) is 25.9 Å². The van der Waals surface area contributed by atoms with Crippen LogP contribution in [0.4, 0.5) is 27.5 Å². The van der Waals surface area contributed by atoms with Gasteiger partial charge < -0.3 is 30.9 Å². The van der Waals surface area contributed by atoms with Crippen LogP contribution < -0.4 is 20.7 Å². The number of carbonyl (C=O) groups excluding carboxylic acids is 1. The molecule has 1 amide bonds. The smallest absolute Gasteiger partial charge is 0.257 e. The standard InChI is InChI=1S/C19H18FN5O4/c1-21-17(28)10-29-15-7-12(6-14(27)8-15)24-19-22-9-16(20)18(25-19)23-11-3-2-4-13(26)5-11/h2-9,26-27H,10H2,1H3,(H,21,28)(H2,22,23,24,25). The Morgan fingerprint density at radius 2 is 1.90 bits per heavy atom. The van der Waals surface area contributed by atoms with Gasteiger partial charge in [-0.15, -0.1) is 0 Å². The molecule has 3 rings (SSSR count). The minimum atomic E-state index is -0.690. The maximum atomic E-state index is 14.1. The van der Waals surface area contributed by atoms with Crippen molar-refractivity contribution < 1.29 is 24.1 Å². The first-order valence-corrected chi connectivity index (χ1v) is 8.46. The zero-order chi connectivity index (χ0) is 20.8. The number of ether oxygens (including phenoxy) is 1. The Bertz CT molecular complexity index is 1030. The molecule has 0 radical (unpaired) electrons. The molecule has 9 nitrogen and oxygen atoms in total. The average Bonchev–Trinajstić information content (AvgIpc) is 2.68. The number of amides is 1. The molecule has 1 heterocycles. The van der Waals surface area contributed by atoms with Gasteiger partial charge in [-0.05, 0) is 12.1 Å². The van der Waals surface area contributed by atoms with Gasteiger partial charge in [0, 0.05) is 42.7 Å². The number of phenols is 2. The van der Waals surface area contributed by atoms with E-state index in [0.717, 1.165) is 6.20 Å². The van der Waals surface area contributed by atoms with Crippen molar-refractivity contribution in [1.82, 2.24) is 15.3 Å². The molecule has 0 saturated heterocycles. The SMILES string of the molecule is CNC(=O)COc1cc(O)cc(Nc2ncc(F)c(Nc3cccc(O)c3)n2)c1. The van der Waals surface area contributed by atoms with E-state index < -0.39 is 5.82 Å². The minimum absolute atomic E-state index is 0.0202. The predicted molar refractivity (Wildman–Crippen MR) is 104 cm³/mol. The fourth-order valence-corrected chi connectivity index (χ4v) is 2.32. The van der Waals surface area contributed by atoms with Gasteiger partial charge in [-0.25, -0.2) is 9.37 Å². The molecule has 5 N–H and O–H groups in total. The highest BCUT2D eigenvalue weighted by atomic mass is 19.1. The maximum Gasteiger partial charge on any atom is 0.257 e. The number of aromatic hydroxyl groups is 2. The topological polar surface area (TPSA) is 129 Å². The maximum absolute atomic E-state index is 14.1. The lowest BCUT2D eigenvalue weighted by atomic mass is 10.3. The second-order valence-corrected chi connectivity index (χ2v) is 5.87. The summed E-state index contributed by atoms with van der Waals surface area (Å²) in [5.74, 6) is -0.914. The molecule has 0 aliphatic heterocycles. The van der Waals surface area contributed by atoms with E-state index in [1.165, 1.54) is 37.4 Å². The predicted octanol–water partition coefficient (Wildman–Crippen LogP) is 2.64. The monoisotopic (exact) mass is 399 g/mol. The summed E-state index contributed by atoms with van der Waals surface area (Å²) in [4.78, 5) is 19.2. The van der Waals surface area contributed by atoms with Crippen LogP contribution in [0.15, 0.2) is 48.7 Å². The molecule has 3 aromatic rings. The van der Waals surface area contributed by atoms with Crippen molar-refractivity contribution in [2.24, 2.45) is 0 Å². The highest BCUT2D eigenvalue weighted by Crippen LogP contribution is 2.28. The van der Waals surface area contributed by atoms with Crippen LogP contribution in [0.2, 0.25) is 0 Å². The largest absolute Gasteiger partial charge is 0.508 e. The second kappa shape index (κ2) is 8.74. The summed E-state index contributed by atoms with van der Waals surface area (Å²) in [7, 11) is 1.48. The zero-order valence-corrected chi connectivity index (χ0v) is 15.3. The van der Waals surface area contributed by atoms with Crippen LogP contribution in [0, 0.1) is 5.82 Å². The quantitative estimate of drug-likeness (QED) is 0.410. The Labute approximate surface area is 165 Å². The molecule has 0 spiro atoms. The van der Waals surface area contributed by atoms with Crippen LogP contribution in [0.1, 0.15) is 0 Å². The number of halogens is 1. The van der Waals surface area contributed by atoms with Crippen molar-refractivity contribution >= 4 is 29.0 Å². The summed E-state index contributed by atoms with van der Waals surface area (Å²) < 4.78 is 19.4. The number of rotatable bonds is 7. The summed E-state index contributed by atoms with van der Waals surface area (Å²) in [6.45, 7) is -0.218. The number of phenolic OH excluding ortho intramolecular Hbond substituents is 2.